The highest BCUT2D eigenvalue weighted by atomic mass is 16.4. The monoisotopic (exact) mass is 280 g/mol. The number of nitrogens with one attached hydrogen (secondary N) is 1. The van der Waals surface area contributed by atoms with Gasteiger partial charge >= 0.3 is 0 Å². The summed E-state index contributed by atoms with van der Waals surface area (Å²) in [6.45, 7) is 1.91. The van der Waals surface area contributed by atoms with Gasteiger partial charge < -0.3 is 15.2 Å². The third kappa shape index (κ3) is 4.04. The van der Waals surface area contributed by atoms with Crippen molar-refractivity contribution in [1.82, 2.24) is 5.32 Å². The second-order valence-corrected chi connectivity index (χ2v) is 4.58. The second kappa shape index (κ2) is 6.52. The van der Waals surface area contributed by atoms with E-state index in [2.05, 4.69) is 5.32 Å². The number of carboxylic acids is 1. The number of carboxylic acid groups (broad SMARTS) is 1. The molecule has 0 saturated carbocycles. The molecule has 0 bridgehead atoms. The van der Waals surface area contributed by atoms with Gasteiger partial charge in [0.05, 0.1) is 11.7 Å². The minimum absolute atomic E-state index is 0.272. The van der Waals surface area contributed by atoms with E-state index in [0.29, 0.717) is 11.1 Å². The van der Waals surface area contributed by atoms with Crippen LogP contribution in [0.15, 0.2) is 60.3 Å². The second-order valence-electron chi connectivity index (χ2n) is 4.58. The molecular weight excluding hydrogens is 266 g/mol. The molecule has 1 N–H and O–H groups in total. The van der Waals surface area contributed by atoms with Gasteiger partial charge in [0.1, 0.15) is 0 Å². The van der Waals surface area contributed by atoms with E-state index in [1.165, 1.54) is 6.08 Å². The summed E-state index contributed by atoms with van der Waals surface area (Å²) in [5.41, 5.74) is 1.81. The number of hydrogen-bond donors (Lipinski definition) is 1. The Hall–Kier alpha value is -2.88. The molecule has 4 heteroatoms. The highest BCUT2D eigenvalue weighted by Gasteiger charge is 2.08. The first kappa shape index (κ1) is 14.5. The SMILES string of the molecule is Cc1ccc(C(=O)N/C(=C\c2ccccc2)C(=O)[O-])cc1. The van der Waals surface area contributed by atoms with Crippen molar-refractivity contribution in [2.75, 3.05) is 0 Å². The molecule has 21 heavy (non-hydrogen) atoms. The van der Waals surface area contributed by atoms with E-state index in [-0.39, 0.29) is 5.70 Å². The molecule has 0 aliphatic rings. The van der Waals surface area contributed by atoms with Crippen LogP contribution in [0.2, 0.25) is 0 Å². The van der Waals surface area contributed by atoms with Gasteiger partial charge in [-0.3, -0.25) is 4.79 Å². The molecule has 0 aromatic heterocycles. The molecule has 0 aliphatic carbocycles. The van der Waals surface area contributed by atoms with Crippen molar-refractivity contribution < 1.29 is 14.7 Å². The predicted octanol–water partition coefficient (Wildman–Crippen LogP) is 1.52. The van der Waals surface area contributed by atoms with E-state index in [1.807, 2.05) is 13.0 Å². The maximum absolute atomic E-state index is 12.0. The Kier molecular flexibility index (Phi) is 4.51. The zero-order valence-corrected chi connectivity index (χ0v) is 11.5. The van der Waals surface area contributed by atoms with Gasteiger partial charge in [-0.25, -0.2) is 0 Å². The number of carbonyl (C=O) groups is 2. The van der Waals surface area contributed by atoms with E-state index < -0.39 is 11.9 Å². The molecule has 0 atom stereocenters. The lowest BCUT2D eigenvalue weighted by Crippen LogP contribution is -2.35. The Morgan fingerprint density at radius 1 is 1.00 bits per heavy atom. The lowest BCUT2D eigenvalue weighted by atomic mass is 10.1. The van der Waals surface area contributed by atoms with Gasteiger partial charge in [0.25, 0.3) is 5.91 Å². The molecule has 0 fully saturated rings. The Morgan fingerprint density at radius 2 is 1.62 bits per heavy atom. The van der Waals surface area contributed by atoms with Crippen molar-refractivity contribution in [3.05, 3.63) is 77.0 Å². The first-order valence-corrected chi connectivity index (χ1v) is 6.42. The lowest BCUT2D eigenvalue weighted by molar-refractivity contribution is -0.299. The number of rotatable bonds is 4. The van der Waals surface area contributed by atoms with Gasteiger partial charge in [0.15, 0.2) is 0 Å². The van der Waals surface area contributed by atoms with Crippen molar-refractivity contribution >= 4 is 18.0 Å². The molecule has 0 radical (unpaired) electrons. The van der Waals surface area contributed by atoms with E-state index in [9.17, 15) is 14.7 Å². The summed E-state index contributed by atoms with van der Waals surface area (Å²) in [5, 5.41) is 13.5. The molecule has 0 heterocycles. The summed E-state index contributed by atoms with van der Waals surface area (Å²) in [6.07, 6.45) is 1.36. The van der Waals surface area contributed by atoms with Gasteiger partial charge in [-0.1, -0.05) is 48.0 Å². The quantitative estimate of drug-likeness (QED) is 0.863. The summed E-state index contributed by atoms with van der Waals surface area (Å²) in [5.74, 6) is -1.92. The number of amides is 1. The van der Waals surface area contributed by atoms with Crippen LogP contribution in [0.25, 0.3) is 6.08 Å². The summed E-state index contributed by atoms with van der Waals surface area (Å²) in [7, 11) is 0. The van der Waals surface area contributed by atoms with Crippen LogP contribution in [-0.4, -0.2) is 11.9 Å². The molecule has 0 aliphatic heterocycles. The van der Waals surface area contributed by atoms with Crippen LogP contribution in [0, 0.1) is 6.92 Å². The van der Waals surface area contributed by atoms with Gasteiger partial charge in [0.2, 0.25) is 0 Å². The normalized spacial score (nSPS) is 11.0. The maximum atomic E-state index is 12.0. The molecule has 4 nitrogen and oxygen atoms in total. The average Bonchev–Trinajstić information content (AvgIpc) is 2.48. The van der Waals surface area contributed by atoms with Crippen LogP contribution in [0.3, 0.4) is 0 Å². The topological polar surface area (TPSA) is 69.2 Å². The number of aliphatic carboxylic acids is 1. The van der Waals surface area contributed by atoms with Crippen molar-refractivity contribution in [3.8, 4) is 0 Å². The average molecular weight is 280 g/mol. The number of carbonyl (C=O) groups excluding carboxylic acids is 2. The van der Waals surface area contributed by atoms with E-state index in [4.69, 9.17) is 0 Å². The molecule has 2 aromatic carbocycles. The summed E-state index contributed by atoms with van der Waals surface area (Å²) < 4.78 is 0. The smallest absolute Gasteiger partial charge is 0.255 e. The fraction of sp³-hybridized carbons (Fsp3) is 0.0588. The van der Waals surface area contributed by atoms with Crippen LogP contribution < -0.4 is 10.4 Å². The minimum Gasteiger partial charge on any atom is -0.543 e. The van der Waals surface area contributed by atoms with Crippen LogP contribution in [0.4, 0.5) is 0 Å². The molecule has 106 valence electrons. The van der Waals surface area contributed by atoms with Crippen molar-refractivity contribution in [2.24, 2.45) is 0 Å². The predicted molar refractivity (Wildman–Crippen MR) is 78.1 cm³/mol. The third-order valence-electron chi connectivity index (χ3n) is 2.89. The van der Waals surface area contributed by atoms with Crippen molar-refractivity contribution in [2.45, 2.75) is 6.92 Å². The highest BCUT2D eigenvalue weighted by Crippen LogP contribution is 2.07. The van der Waals surface area contributed by atoms with E-state index in [1.54, 1.807) is 48.5 Å². The standard InChI is InChI=1S/C17H15NO3/c1-12-7-9-14(10-8-12)16(19)18-15(17(20)21)11-13-5-3-2-4-6-13/h2-11H,1H3,(H,18,19)(H,20,21)/p-1/b15-11-. The van der Waals surface area contributed by atoms with Crippen LogP contribution in [0.5, 0.6) is 0 Å². The summed E-state index contributed by atoms with van der Waals surface area (Å²) >= 11 is 0. The first-order chi connectivity index (χ1) is 10.1. The van der Waals surface area contributed by atoms with Gasteiger partial charge in [-0.2, -0.15) is 0 Å². The first-order valence-electron chi connectivity index (χ1n) is 6.42. The molecule has 0 saturated heterocycles. The Bertz CT molecular complexity index is 673. The largest absolute Gasteiger partial charge is 0.543 e. The molecule has 2 rings (SSSR count). The van der Waals surface area contributed by atoms with Gasteiger partial charge in [-0.05, 0) is 30.7 Å². The Balaban J connectivity index is 2.21. The Labute approximate surface area is 122 Å². The van der Waals surface area contributed by atoms with Crippen LogP contribution in [-0.2, 0) is 4.79 Å². The summed E-state index contributed by atoms with van der Waals surface area (Å²) in [4.78, 5) is 23.1. The van der Waals surface area contributed by atoms with Crippen molar-refractivity contribution in [1.29, 1.82) is 0 Å². The molecule has 2 aromatic rings. The maximum Gasteiger partial charge on any atom is 0.255 e. The fourth-order valence-electron chi connectivity index (χ4n) is 1.76. The lowest BCUT2D eigenvalue weighted by Gasteiger charge is -2.11. The number of hydrogen-bond acceptors (Lipinski definition) is 3. The Morgan fingerprint density at radius 3 is 2.19 bits per heavy atom. The summed E-state index contributed by atoms with van der Waals surface area (Å²) in [6, 6.07) is 15.7. The van der Waals surface area contributed by atoms with Crippen LogP contribution >= 0.6 is 0 Å². The zero-order valence-electron chi connectivity index (χ0n) is 11.5. The fourth-order valence-corrected chi connectivity index (χ4v) is 1.76. The molecular formula is C17H14NO3-. The molecule has 0 unspecified atom stereocenters. The van der Waals surface area contributed by atoms with Gasteiger partial charge in [0, 0.05) is 5.56 Å². The van der Waals surface area contributed by atoms with Crippen LogP contribution in [0.1, 0.15) is 21.5 Å². The van der Waals surface area contributed by atoms with E-state index >= 15 is 0 Å². The number of benzene rings is 2. The number of aryl methyl sites for hydroxylation is 1. The van der Waals surface area contributed by atoms with E-state index in [0.717, 1.165) is 5.56 Å². The zero-order chi connectivity index (χ0) is 15.2. The minimum atomic E-state index is -1.43. The third-order valence-corrected chi connectivity index (χ3v) is 2.89. The molecule has 1 amide bonds. The highest BCUT2D eigenvalue weighted by molar-refractivity contribution is 6.02. The van der Waals surface area contributed by atoms with Gasteiger partial charge in [-0.15, -0.1) is 0 Å². The van der Waals surface area contributed by atoms with Crippen molar-refractivity contribution in [3.63, 3.8) is 0 Å². The molecule has 0 spiro atoms.